The summed E-state index contributed by atoms with van der Waals surface area (Å²) >= 11 is 0. The summed E-state index contributed by atoms with van der Waals surface area (Å²) in [4.78, 5) is 0. The molecule has 1 atom stereocenters. The smallest absolute Gasteiger partial charge is 0.386 e. The number of fused-ring (bicyclic) bond motifs is 2. The Kier molecular flexibility index (Phi) is 2.10. The molecule has 1 aromatic rings. The van der Waals surface area contributed by atoms with Crippen molar-refractivity contribution in [2.75, 3.05) is 6.61 Å². The molecule has 0 bridgehead atoms. The summed E-state index contributed by atoms with van der Waals surface area (Å²) < 4.78 is 43.3. The molecule has 92 valence electrons. The number of ether oxygens (including phenoxy) is 1. The van der Waals surface area contributed by atoms with Crippen LogP contribution in [0.5, 0.6) is 0 Å². The Hall–Kier alpha value is -1.07. The van der Waals surface area contributed by atoms with Crippen molar-refractivity contribution in [1.29, 1.82) is 0 Å². The van der Waals surface area contributed by atoms with Gasteiger partial charge >= 0.3 is 6.18 Å². The van der Waals surface area contributed by atoms with E-state index in [-0.39, 0.29) is 6.61 Å². The second-order valence-corrected chi connectivity index (χ2v) is 4.62. The van der Waals surface area contributed by atoms with Crippen LogP contribution in [0.3, 0.4) is 0 Å². The normalized spacial score (nSPS) is 25.8. The lowest BCUT2D eigenvalue weighted by atomic mass is 9.92. The van der Waals surface area contributed by atoms with E-state index in [1.165, 1.54) is 6.07 Å². The lowest BCUT2D eigenvalue weighted by Crippen LogP contribution is -2.26. The zero-order valence-corrected chi connectivity index (χ0v) is 8.92. The van der Waals surface area contributed by atoms with Crippen LogP contribution < -0.4 is 0 Å². The fourth-order valence-corrected chi connectivity index (χ4v) is 2.35. The second-order valence-electron chi connectivity index (χ2n) is 4.62. The van der Waals surface area contributed by atoms with E-state index in [1.54, 1.807) is 0 Å². The highest BCUT2D eigenvalue weighted by Crippen LogP contribution is 2.54. The van der Waals surface area contributed by atoms with E-state index in [2.05, 4.69) is 0 Å². The van der Waals surface area contributed by atoms with E-state index in [1.807, 2.05) is 0 Å². The van der Waals surface area contributed by atoms with Gasteiger partial charge in [0.05, 0.1) is 17.8 Å². The number of aliphatic hydroxyl groups excluding tert-OH is 1. The number of halogens is 3. The lowest BCUT2D eigenvalue weighted by molar-refractivity contribution is -0.138. The van der Waals surface area contributed by atoms with Gasteiger partial charge < -0.3 is 9.84 Å². The summed E-state index contributed by atoms with van der Waals surface area (Å²) in [5, 5.41) is 9.71. The monoisotopic (exact) mass is 244 g/mol. The molecule has 0 amide bonds. The van der Waals surface area contributed by atoms with Gasteiger partial charge in [0, 0.05) is 0 Å². The Morgan fingerprint density at radius 2 is 2.00 bits per heavy atom. The molecule has 1 heterocycles. The summed E-state index contributed by atoms with van der Waals surface area (Å²) in [6, 6.07) is 3.50. The predicted molar refractivity (Wildman–Crippen MR) is 53.3 cm³/mol. The molecule has 5 heteroatoms. The van der Waals surface area contributed by atoms with Gasteiger partial charge in [-0.25, -0.2) is 0 Å². The molecule has 3 rings (SSSR count). The molecule has 1 spiro atoms. The number of aliphatic hydroxyl groups is 1. The van der Waals surface area contributed by atoms with Crippen LogP contribution in [0.15, 0.2) is 18.2 Å². The molecule has 1 aliphatic heterocycles. The van der Waals surface area contributed by atoms with Crippen molar-refractivity contribution in [1.82, 2.24) is 0 Å². The molecule has 1 aliphatic carbocycles. The third kappa shape index (κ3) is 1.65. The van der Waals surface area contributed by atoms with Crippen molar-refractivity contribution >= 4 is 0 Å². The Bertz CT molecular complexity index is 463. The average molecular weight is 244 g/mol. The van der Waals surface area contributed by atoms with Crippen LogP contribution in [-0.4, -0.2) is 11.7 Å². The zero-order valence-electron chi connectivity index (χ0n) is 8.92. The first kappa shape index (κ1) is 11.0. The summed E-state index contributed by atoms with van der Waals surface area (Å²) in [6.07, 6.45) is -3.71. The number of hydrogen-bond acceptors (Lipinski definition) is 2. The van der Waals surface area contributed by atoms with Gasteiger partial charge in [0.2, 0.25) is 0 Å². The van der Waals surface area contributed by atoms with Crippen LogP contribution in [0, 0.1) is 0 Å². The highest BCUT2D eigenvalue weighted by atomic mass is 19.4. The van der Waals surface area contributed by atoms with Crippen LogP contribution in [0.2, 0.25) is 0 Å². The molecule has 1 saturated carbocycles. The molecule has 17 heavy (non-hydrogen) atoms. The Morgan fingerprint density at radius 1 is 1.29 bits per heavy atom. The van der Waals surface area contributed by atoms with Crippen LogP contribution >= 0.6 is 0 Å². The van der Waals surface area contributed by atoms with Crippen molar-refractivity contribution in [3.8, 4) is 0 Å². The van der Waals surface area contributed by atoms with Crippen molar-refractivity contribution in [2.24, 2.45) is 0 Å². The Labute approximate surface area is 96.0 Å². The van der Waals surface area contributed by atoms with Crippen molar-refractivity contribution in [3.63, 3.8) is 0 Å². The number of alkyl halides is 3. The SMILES string of the molecule is O[C@H]1COC2(CC2)c2cc(C(F)(F)F)ccc21. The summed E-state index contributed by atoms with van der Waals surface area (Å²) in [5.74, 6) is 0. The average Bonchev–Trinajstić information content (AvgIpc) is 3.04. The maximum Gasteiger partial charge on any atom is 0.416 e. The van der Waals surface area contributed by atoms with E-state index in [4.69, 9.17) is 4.74 Å². The van der Waals surface area contributed by atoms with Crippen molar-refractivity contribution in [2.45, 2.75) is 30.7 Å². The molecule has 0 radical (unpaired) electrons. The van der Waals surface area contributed by atoms with Crippen LogP contribution in [0.25, 0.3) is 0 Å². The summed E-state index contributed by atoms with van der Waals surface area (Å²) in [7, 11) is 0. The van der Waals surface area contributed by atoms with E-state index in [9.17, 15) is 18.3 Å². The van der Waals surface area contributed by atoms with Crippen LogP contribution in [-0.2, 0) is 16.5 Å². The van der Waals surface area contributed by atoms with Gasteiger partial charge in [-0.15, -0.1) is 0 Å². The molecule has 2 aliphatic rings. The number of hydrogen-bond donors (Lipinski definition) is 1. The highest BCUT2D eigenvalue weighted by molar-refractivity contribution is 5.43. The van der Waals surface area contributed by atoms with Gasteiger partial charge in [-0.1, -0.05) is 6.07 Å². The maximum absolute atomic E-state index is 12.6. The molecule has 1 N–H and O–H groups in total. The summed E-state index contributed by atoms with van der Waals surface area (Å²) in [6.45, 7) is 0.165. The van der Waals surface area contributed by atoms with E-state index in [0.29, 0.717) is 11.1 Å². The minimum Gasteiger partial charge on any atom is -0.386 e. The molecule has 0 unspecified atom stereocenters. The quantitative estimate of drug-likeness (QED) is 0.760. The topological polar surface area (TPSA) is 29.5 Å². The Morgan fingerprint density at radius 3 is 2.59 bits per heavy atom. The third-order valence-corrected chi connectivity index (χ3v) is 3.45. The van der Waals surface area contributed by atoms with E-state index in [0.717, 1.165) is 25.0 Å². The molecular formula is C12H11F3O2. The zero-order chi connectivity index (χ0) is 12.3. The van der Waals surface area contributed by atoms with Gasteiger partial charge in [-0.05, 0) is 36.1 Å². The number of benzene rings is 1. The van der Waals surface area contributed by atoms with Gasteiger partial charge in [-0.2, -0.15) is 13.2 Å². The second kappa shape index (κ2) is 3.23. The van der Waals surface area contributed by atoms with E-state index < -0.39 is 23.4 Å². The standard InChI is InChI=1S/C12H11F3O2/c13-12(14,15)7-1-2-8-9(5-7)11(3-4-11)17-6-10(8)16/h1-2,5,10,16H,3-4,6H2/t10-/m0/s1. The van der Waals surface area contributed by atoms with Crippen molar-refractivity contribution < 1.29 is 23.0 Å². The third-order valence-electron chi connectivity index (χ3n) is 3.45. The first-order valence-electron chi connectivity index (χ1n) is 5.46. The summed E-state index contributed by atoms with van der Waals surface area (Å²) in [5.41, 5.74) is -0.163. The fraction of sp³-hybridized carbons (Fsp3) is 0.500. The largest absolute Gasteiger partial charge is 0.416 e. The predicted octanol–water partition coefficient (Wildman–Crippen LogP) is 2.76. The first-order chi connectivity index (χ1) is 7.92. The molecule has 1 aromatic carbocycles. The van der Waals surface area contributed by atoms with Gasteiger partial charge in [0.1, 0.15) is 6.10 Å². The van der Waals surface area contributed by atoms with Gasteiger partial charge in [-0.3, -0.25) is 0 Å². The van der Waals surface area contributed by atoms with Gasteiger partial charge in [0.15, 0.2) is 0 Å². The first-order valence-corrected chi connectivity index (χ1v) is 5.46. The van der Waals surface area contributed by atoms with Crippen molar-refractivity contribution in [3.05, 3.63) is 34.9 Å². The maximum atomic E-state index is 12.6. The Balaban J connectivity index is 2.12. The minimum absolute atomic E-state index is 0.165. The minimum atomic E-state index is -4.35. The fourth-order valence-electron chi connectivity index (χ4n) is 2.35. The molecular weight excluding hydrogens is 233 g/mol. The van der Waals surface area contributed by atoms with Gasteiger partial charge in [0.25, 0.3) is 0 Å². The molecule has 0 saturated heterocycles. The molecule has 1 fully saturated rings. The highest BCUT2D eigenvalue weighted by Gasteiger charge is 2.51. The van der Waals surface area contributed by atoms with Crippen LogP contribution in [0.1, 0.15) is 35.6 Å². The lowest BCUT2D eigenvalue weighted by Gasteiger charge is -2.30. The number of rotatable bonds is 0. The van der Waals surface area contributed by atoms with Crippen LogP contribution in [0.4, 0.5) is 13.2 Å². The molecule has 0 aromatic heterocycles. The molecule has 2 nitrogen and oxygen atoms in total. The van der Waals surface area contributed by atoms with E-state index >= 15 is 0 Å².